The summed E-state index contributed by atoms with van der Waals surface area (Å²) < 4.78 is 5.37. The maximum atomic E-state index is 12.0. The van der Waals surface area contributed by atoms with E-state index in [0.717, 1.165) is 12.0 Å². The van der Waals surface area contributed by atoms with Crippen LogP contribution in [0.4, 0.5) is 4.79 Å². The summed E-state index contributed by atoms with van der Waals surface area (Å²) in [5, 5.41) is 9.24. The number of carbonyl (C=O) groups excluding carboxylic acids is 1. The molecule has 17 heavy (non-hydrogen) atoms. The summed E-state index contributed by atoms with van der Waals surface area (Å²) in [5.74, 6) is 0.517. The fourth-order valence-electron chi connectivity index (χ4n) is 2.81. The minimum Gasteiger partial charge on any atom is -0.444 e. The third kappa shape index (κ3) is 2.18. The van der Waals surface area contributed by atoms with Crippen LogP contribution in [0.3, 0.4) is 0 Å². The Bertz CT molecular complexity index is 345. The largest absolute Gasteiger partial charge is 0.444 e. The molecular formula is C13H21NO3. The molecule has 1 aliphatic carbocycles. The average Bonchev–Trinajstić information content (AvgIpc) is 2.68. The molecule has 2 bridgehead atoms. The van der Waals surface area contributed by atoms with E-state index < -0.39 is 5.60 Å². The van der Waals surface area contributed by atoms with Crippen molar-refractivity contribution in [2.75, 3.05) is 13.2 Å². The third-order valence-corrected chi connectivity index (χ3v) is 3.63. The number of rotatable bonds is 1. The normalized spacial score (nSPS) is 32.1. The molecule has 1 unspecified atom stereocenters. The maximum Gasteiger partial charge on any atom is 0.410 e. The minimum atomic E-state index is -0.462. The van der Waals surface area contributed by atoms with Gasteiger partial charge in [0.25, 0.3) is 0 Å². The number of aliphatic hydroxyl groups excluding tert-OH is 1. The molecule has 3 atom stereocenters. The number of carbonyl (C=O) groups is 1. The van der Waals surface area contributed by atoms with Crippen LogP contribution in [0.1, 0.15) is 27.2 Å². The van der Waals surface area contributed by atoms with Gasteiger partial charge < -0.3 is 14.7 Å². The van der Waals surface area contributed by atoms with Crippen molar-refractivity contribution in [1.82, 2.24) is 4.90 Å². The molecule has 0 aromatic heterocycles. The zero-order valence-electron chi connectivity index (χ0n) is 10.8. The fraction of sp³-hybridized carbons (Fsp3) is 0.769. The molecule has 1 saturated carbocycles. The van der Waals surface area contributed by atoms with Gasteiger partial charge >= 0.3 is 6.09 Å². The topological polar surface area (TPSA) is 49.8 Å². The van der Waals surface area contributed by atoms with E-state index in [9.17, 15) is 9.90 Å². The van der Waals surface area contributed by atoms with Gasteiger partial charge in [-0.25, -0.2) is 4.79 Å². The van der Waals surface area contributed by atoms with E-state index in [1.54, 1.807) is 4.90 Å². The lowest BCUT2D eigenvalue weighted by atomic mass is 9.95. The van der Waals surface area contributed by atoms with Crippen LogP contribution < -0.4 is 0 Å². The average molecular weight is 239 g/mol. The van der Waals surface area contributed by atoms with Crippen LogP contribution in [0.25, 0.3) is 0 Å². The molecule has 4 nitrogen and oxygen atoms in total. The van der Waals surface area contributed by atoms with Gasteiger partial charge in [-0.1, -0.05) is 6.58 Å². The molecule has 1 saturated heterocycles. The number of aliphatic hydroxyl groups is 1. The smallest absolute Gasteiger partial charge is 0.410 e. The van der Waals surface area contributed by atoms with Gasteiger partial charge in [-0.3, -0.25) is 0 Å². The Kier molecular flexibility index (Phi) is 2.94. The number of likely N-dealkylation sites (tertiary alicyclic amines) is 1. The first-order valence-corrected chi connectivity index (χ1v) is 6.12. The van der Waals surface area contributed by atoms with Gasteiger partial charge in [-0.05, 0) is 38.7 Å². The first kappa shape index (κ1) is 12.4. The molecule has 1 heterocycles. The number of piperidine rings is 1. The Labute approximate surface area is 102 Å². The molecule has 0 radical (unpaired) electrons. The maximum absolute atomic E-state index is 12.0. The lowest BCUT2D eigenvalue weighted by molar-refractivity contribution is 0.0140. The number of nitrogens with zero attached hydrogens (tertiary/aromatic N) is 1. The molecule has 1 amide bonds. The lowest BCUT2D eigenvalue weighted by Gasteiger charge is -2.32. The predicted molar refractivity (Wildman–Crippen MR) is 64.6 cm³/mol. The Morgan fingerprint density at radius 2 is 2.24 bits per heavy atom. The summed E-state index contributed by atoms with van der Waals surface area (Å²) in [6.45, 7) is 10.5. The number of amides is 1. The highest BCUT2D eigenvalue weighted by Gasteiger charge is 2.49. The van der Waals surface area contributed by atoms with Crippen LogP contribution in [0.15, 0.2) is 12.2 Å². The standard InChI is InChI=1S/C13H21NO3/c1-8-10-6-14(11(8)5-9(10)7-15)12(16)17-13(2,3)4/h9-11,15H,1,5-7H2,2-4H3/t9?,10-,11-/m0/s1. The second-order valence-electron chi connectivity index (χ2n) is 6.01. The molecule has 2 aliphatic rings. The number of hydrogen-bond acceptors (Lipinski definition) is 3. The van der Waals surface area contributed by atoms with Crippen molar-refractivity contribution in [3.05, 3.63) is 12.2 Å². The van der Waals surface area contributed by atoms with Crippen LogP contribution in [0.5, 0.6) is 0 Å². The van der Waals surface area contributed by atoms with E-state index >= 15 is 0 Å². The fourth-order valence-corrected chi connectivity index (χ4v) is 2.81. The summed E-state index contributed by atoms with van der Waals surface area (Å²) in [5.41, 5.74) is 0.617. The van der Waals surface area contributed by atoms with E-state index in [1.165, 1.54) is 0 Å². The van der Waals surface area contributed by atoms with E-state index in [0.29, 0.717) is 6.54 Å². The van der Waals surface area contributed by atoms with Gasteiger partial charge in [0.2, 0.25) is 0 Å². The van der Waals surface area contributed by atoms with Gasteiger partial charge in [0.1, 0.15) is 5.60 Å². The van der Waals surface area contributed by atoms with Crippen molar-refractivity contribution in [2.24, 2.45) is 11.8 Å². The van der Waals surface area contributed by atoms with Gasteiger partial charge in [-0.15, -0.1) is 0 Å². The zero-order valence-corrected chi connectivity index (χ0v) is 10.8. The Morgan fingerprint density at radius 1 is 1.59 bits per heavy atom. The molecule has 0 aromatic rings. The Morgan fingerprint density at radius 3 is 2.65 bits per heavy atom. The highest BCUT2D eigenvalue weighted by molar-refractivity contribution is 5.70. The number of ether oxygens (including phenoxy) is 1. The summed E-state index contributed by atoms with van der Waals surface area (Å²) in [4.78, 5) is 13.7. The molecule has 4 heteroatoms. The summed E-state index contributed by atoms with van der Waals surface area (Å²) >= 11 is 0. The van der Waals surface area contributed by atoms with Gasteiger partial charge in [-0.2, -0.15) is 0 Å². The van der Waals surface area contributed by atoms with Crippen LogP contribution in [0, 0.1) is 11.8 Å². The molecule has 2 rings (SSSR count). The van der Waals surface area contributed by atoms with Crippen LogP contribution in [-0.2, 0) is 4.74 Å². The molecule has 0 aromatic carbocycles. The molecule has 2 fully saturated rings. The number of fused-ring (bicyclic) bond motifs is 2. The van der Waals surface area contributed by atoms with Crippen molar-refractivity contribution < 1.29 is 14.6 Å². The minimum absolute atomic E-state index is 0.0620. The highest BCUT2D eigenvalue weighted by atomic mass is 16.6. The molecular weight excluding hydrogens is 218 g/mol. The quantitative estimate of drug-likeness (QED) is 0.710. The number of hydrogen-bond donors (Lipinski definition) is 1. The SMILES string of the molecule is C=C1[C@@H]2CN(C(=O)OC(C)(C)C)[C@H]1CC2CO. The van der Waals surface area contributed by atoms with E-state index in [-0.39, 0.29) is 30.6 Å². The predicted octanol–water partition coefficient (Wildman–Crippen LogP) is 1.79. The van der Waals surface area contributed by atoms with E-state index in [4.69, 9.17) is 4.74 Å². The highest BCUT2D eigenvalue weighted by Crippen LogP contribution is 2.45. The second-order valence-corrected chi connectivity index (χ2v) is 6.01. The van der Waals surface area contributed by atoms with Crippen molar-refractivity contribution in [2.45, 2.75) is 38.8 Å². The van der Waals surface area contributed by atoms with Crippen LogP contribution in [0.2, 0.25) is 0 Å². The van der Waals surface area contributed by atoms with Crippen molar-refractivity contribution in [1.29, 1.82) is 0 Å². The molecule has 1 aliphatic heterocycles. The van der Waals surface area contributed by atoms with Crippen molar-refractivity contribution in [3.63, 3.8) is 0 Å². The monoisotopic (exact) mass is 239 g/mol. The van der Waals surface area contributed by atoms with Gasteiger partial charge in [0.05, 0.1) is 6.04 Å². The van der Waals surface area contributed by atoms with Crippen molar-refractivity contribution in [3.8, 4) is 0 Å². The van der Waals surface area contributed by atoms with Crippen LogP contribution in [-0.4, -0.2) is 40.9 Å². The van der Waals surface area contributed by atoms with Crippen LogP contribution >= 0.6 is 0 Å². The lowest BCUT2D eigenvalue weighted by Crippen LogP contribution is -2.43. The first-order chi connectivity index (χ1) is 7.83. The Balaban J connectivity index is 2.03. The first-order valence-electron chi connectivity index (χ1n) is 6.12. The Hall–Kier alpha value is -1.03. The van der Waals surface area contributed by atoms with Crippen molar-refractivity contribution >= 4 is 6.09 Å². The second kappa shape index (κ2) is 4.02. The van der Waals surface area contributed by atoms with E-state index in [2.05, 4.69) is 6.58 Å². The summed E-state index contributed by atoms with van der Waals surface area (Å²) in [6.07, 6.45) is 0.557. The third-order valence-electron chi connectivity index (χ3n) is 3.63. The summed E-state index contributed by atoms with van der Waals surface area (Å²) in [7, 11) is 0. The zero-order chi connectivity index (χ0) is 12.8. The van der Waals surface area contributed by atoms with Gasteiger partial charge in [0, 0.05) is 19.1 Å². The molecule has 1 N–H and O–H groups in total. The summed E-state index contributed by atoms with van der Waals surface area (Å²) in [6, 6.07) is 0.0620. The van der Waals surface area contributed by atoms with Gasteiger partial charge in [0.15, 0.2) is 0 Å². The van der Waals surface area contributed by atoms with E-state index in [1.807, 2.05) is 20.8 Å². The molecule has 0 spiro atoms. The molecule has 96 valence electrons.